The number of nitrogens with one attached hydrogen (secondary N) is 1. The predicted molar refractivity (Wildman–Crippen MR) is 87.4 cm³/mol. The largest absolute Gasteiger partial charge is 0.348 e. The van der Waals surface area contributed by atoms with Crippen LogP contribution in [0.2, 0.25) is 0 Å². The van der Waals surface area contributed by atoms with E-state index < -0.39 is 5.69 Å². The van der Waals surface area contributed by atoms with E-state index in [1.165, 1.54) is 4.52 Å². The molecule has 0 amide bonds. The van der Waals surface area contributed by atoms with Gasteiger partial charge in [0, 0.05) is 17.6 Å². The van der Waals surface area contributed by atoms with E-state index in [0.29, 0.717) is 27.9 Å². The Morgan fingerprint density at radius 1 is 1.33 bits per heavy atom. The van der Waals surface area contributed by atoms with Crippen molar-refractivity contribution in [1.82, 2.24) is 29.4 Å². The predicted octanol–water partition coefficient (Wildman–Crippen LogP) is 1.89. The average molecular weight is 319 g/mol. The van der Waals surface area contributed by atoms with E-state index >= 15 is 0 Å². The van der Waals surface area contributed by atoms with Crippen LogP contribution in [0.5, 0.6) is 0 Å². The molecule has 0 saturated carbocycles. The van der Waals surface area contributed by atoms with Crippen LogP contribution < -0.4 is 5.69 Å². The van der Waals surface area contributed by atoms with Crippen LogP contribution in [0.4, 0.5) is 0 Å². The molecule has 0 aliphatic rings. The molecule has 3 heterocycles. The molecular weight excluding hydrogens is 306 g/mol. The topological polar surface area (TPSA) is 105 Å². The third-order valence-electron chi connectivity index (χ3n) is 3.85. The summed E-state index contributed by atoms with van der Waals surface area (Å²) < 4.78 is 3.02. The van der Waals surface area contributed by atoms with E-state index in [9.17, 15) is 10.1 Å². The van der Waals surface area contributed by atoms with E-state index in [-0.39, 0.29) is 6.04 Å². The zero-order chi connectivity index (χ0) is 16.8. The van der Waals surface area contributed by atoms with Gasteiger partial charge in [-0.2, -0.15) is 14.9 Å². The Labute approximate surface area is 136 Å². The molecule has 0 atom stereocenters. The highest BCUT2D eigenvalue weighted by Gasteiger charge is 2.15. The molecule has 4 aromatic rings. The number of nitrogens with zero attached hydrogens (tertiary/aromatic N) is 6. The Morgan fingerprint density at radius 3 is 2.88 bits per heavy atom. The van der Waals surface area contributed by atoms with Gasteiger partial charge in [0.2, 0.25) is 0 Å². The van der Waals surface area contributed by atoms with Crippen LogP contribution in [-0.4, -0.2) is 29.4 Å². The van der Waals surface area contributed by atoms with Gasteiger partial charge in [0.1, 0.15) is 6.07 Å². The van der Waals surface area contributed by atoms with Crippen LogP contribution in [0.1, 0.15) is 25.5 Å². The van der Waals surface area contributed by atoms with Gasteiger partial charge < -0.3 is 4.98 Å². The molecule has 24 heavy (non-hydrogen) atoms. The highest BCUT2D eigenvalue weighted by Crippen LogP contribution is 2.22. The number of rotatable bonds is 2. The number of aromatic nitrogens is 6. The fourth-order valence-corrected chi connectivity index (χ4v) is 2.61. The van der Waals surface area contributed by atoms with E-state index in [1.54, 1.807) is 29.1 Å². The summed E-state index contributed by atoms with van der Waals surface area (Å²) in [6.07, 6.45) is 3.52. The van der Waals surface area contributed by atoms with Crippen LogP contribution in [0.3, 0.4) is 0 Å². The number of hydrogen-bond donors (Lipinski definition) is 1. The monoisotopic (exact) mass is 319 g/mol. The lowest BCUT2D eigenvalue weighted by Gasteiger charge is -2.02. The zero-order valence-corrected chi connectivity index (χ0v) is 13.1. The number of H-pyrrole nitrogens is 1. The highest BCUT2D eigenvalue weighted by atomic mass is 16.1. The van der Waals surface area contributed by atoms with Gasteiger partial charge in [0.15, 0.2) is 11.5 Å². The Balaban J connectivity index is 2.01. The third kappa shape index (κ3) is 1.99. The molecular formula is C16H13N7O. The van der Waals surface area contributed by atoms with Crippen molar-refractivity contribution in [2.75, 3.05) is 0 Å². The number of fused-ring (bicyclic) bond motifs is 3. The SMILES string of the molecule is CC(C)n1cc(-c2nc3c4cccc(C#N)c4[nH]c(=O)n3n2)cn1. The summed E-state index contributed by atoms with van der Waals surface area (Å²) >= 11 is 0. The van der Waals surface area contributed by atoms with Gasteiger partial charge in [-0.25, -0.2) is 9.78 Å². The number of nitriles is 1. The molecule has 8 heteroatoms. The smallest absolute Gasteiger partial charge is 0.304 e. The van der Waals surface area contributed by atoms with Crippen molar-refractivity contribution in [3.8, 4) is 17.5 Å². The first-order valence-corrected chi connectivity index (χ1v) is 7.45. The minimum absolute atomic E-state index is 0.221. The molecule has 118 valence electrons. The molecule has 0 spiro atoms. The Hall–Kier alpha value is -3.47. The molecule has 0 fully saturated rings. The van der Waals surface area contributed by atoms with Gasteiger partial charge in [-0.1, -0.05) is 6.07 Å². The van der Waals surface area contributed by atoms with Gasteiger partial charge in [0.25, 0.3) is 0 Å². The normalized spacial score (nSPS) is 11.4. The second kappa shape index (κ2) is 5.03. The summed E-state index contributed by atoms with van der Waals surface area (Å²) in [5.74, 6) is 0.419. The maximum absolute atomic E-state index is 12.3. The minimum atomic E-state index is -0.435. The fourth-order valence-electron chi connectivity index (χ4n) is 2.61. The summed E-state index contributed by atoms with van der Waals surface area (Å²) in [5, 5.41) is 18.4. The number of para-hydroxylation sites is 1. The lowest BCUT2D eigenvalue weighted by atomic mass is 10.1. The van der Waals surface area contributed by atoms with Crippen LogP contribution in [0.25, 0.3) is 27.9 Å². The van der Waals surface area contributed by atoms with Gasteiger partial charge in [-0.3, -0.25) is 4.68 Å². The molecule has 0 unspecified atom stereocenters. The lowest BCUT2D eigenvalue weighted by molar-refractivity contribution is 0.532. The van der Waals surface area contributed by atoms with Crippen molar-refractivity contribution >= 4 is 16.6 Å². The van der Waals surface area contributed by atoms with Crippen molar-refractivity contribution in [2.24, 2.45) is 0 Å². The molecule has 0 saturated heterocycles. The molecule has 0 aliphatic heterocycles. The van der Waals surface area contributed by atoms with Crippen molar-refractivity contribution in [1.29, 1.82) is 5.26 Å². The maximum atomic E-state index is 12.3. The summed E-state index contributed by atoms with van der Waals surface area (Å²) in [6, 6.07) is 7.50. The van der Waals surface area contributed by atoms with Crippen LogP contribution in [0, 0.1) is 11.3 Å². The zero-order valence-electron chi connectivity index (χ0n) is 13.1. The van der Waals surface area contributed by atoms with Crippen LogP contribution in [0.15, 0.2) is 35.4 Å². The fraction of sp³-hybridized carbons (Fsp3) is 0.188. The summed E-state index contributed by atoms with van der Waals surface area (Å²) in [6.45, 7) is 4.05. The maximum Gasteiger partial charge on any atom is 0.348 e. The standard InChI is InChI=1S/C16H13N7O/c1-9(2)22-8-11(7-18-22)14-20-15-12-5-3-4-10(6-17)13(12)19-16(24)23(15)21-14/h3-5,7-9H,1-2H3,(H,19,24). The van der Waals surface area contributed by atoms with Crippen LogP contribution in [-0.2, 0) is 0 Å². The van der Waals surface area contributed by atoms with E-state index in [1.807, 2.05) is 20.0 Å². The van der Waals surface area contributed by atoms with Gasteiger partial charge >= 0.3 is 5.69 Å². The molecule has 1 aromatic carbocycles. The van der Waals surface area contributed by atoms with Crippen molar-refractivity contribution < 1.29 is 0 Å². The summed E-state index contributed by atoms with van der Waals surface area (Å²) in [4.78, 5) is 19.5. The number of benzene rings is 1. The second-order valence-corrected chi connectivity index (χ2v) is 5.74. The second-order valence-electron chi connectivity index (χ2n) is 5.74. The van der Waals surface area contributed by atoms with Gasteiger partial charge in [-0.15, -0.1) is 5.10 Å². The quantitative estimate of drug-likeness (QED) is 0.607. The summed E-state index contributed by atoms with van der Waals surface area (Å²) in [5.41, 5.74) is 1.57. The molecule has 4 rings (SSSR count). The average Bonchev–Trinajstić information content (AvgIpc) is 3.22. The van der Waals surface area contributed by atoms with Crippen LogP contribution >= 0.6 is 0 Å². The van der Waals surface area contributed by atoms with E-state index in [2.05, 4.69) is 26.2 Å². The van der Waals surface area contributed by atoms with E-state index in [4.69, 9.17) is 0 Å². The Bertz CT molecular complexity index is 1170. The lowest BCUT2D eigenvalue weighted by Crippen LogP contribution is -2.17. The highest BCUT2D eigenvalue weighted by molar-refractivity contribution is 5.94. The minimum Gasteiger partial charge on any atom is -0.304 e. The number of hydrogen-bond acceptors (Lipinski definition) is 5. The molecule has 1 N–H and O–H groups in total. The Kier molecular flexibility index (Phi) is 2.96. The molecule has 0 radical (unpaired) electrons. The molecule has 0 aliphatic carbocycles. The summed E-state index contributed by atoms with van der Waals surface area (Å²) in [7, 11) is 0. The molecule has 3 aromatic heterocycles. The van der Waals surface area contributed by atoms with Crippen molar-refractivity contribution in [3.63, 3.8) is 0 Å². The molecule has 8 nitrogen and oxygen atoms in total. The van der Waals surface area contributed by atoms with Crippen molar-refractivity contribution in [2.45, 2.75) is 19.9 Å². The third-order valence-corrected chi connectivity index (χ3v) is 3.85. The van der Waals surface area contributed by atoms with Gasteiger partial charge in [0.05, 0.1) is 22.8 Å². The van der Waals surface area contributed by atoms with E-state index in [0.717, 1.165) is 5.56 Å². The number of aromatic amines is 1. The van der Waals surface area contributed by atoms with Gasteiger partial charge in [-0.05, 0) is 26.0 Å². The first-order valence-electron chi connectivity index (χ1n) is 7.45. The first kappa shape index (κ1) is 14.1. The Morgan fingerprint density at radius 2 is 2.17 bits per heavy atom. The van der Waals surface area contributed by atoms with Crippen molar-refractivity contribution in [3.05, 3.63) is 46.6 Å². The first-order chi connectivity index (χ1) is 11.6. The molecule has 0 bridgehead atoms.